The van der Waals surface area contributed by atoms with Crippen LogP contribution in [0.5, 0.6) is 0 Å². The summed E-state index contributed by atoms with van der Waals surface area (Å²) in [6, 6.07) is 4.02. The van der Waals surface area contributed by atoms with Crippen LogP contribution in [0.4, 0.5) is 0 Å². The molecule has 2 aromatic rings. The molecule has 2 rings (SSSR count). The Labute approximate surface area is 155 Å². The first-order valence-electron chi connectivity index (χ1n) is 7.56. The van der Waals surface area contributed by atoms with Crippen molar-refractivity contribution >= 4 is 35.1 Å². The minimum Gasteiger partial charge on any atom is -0.480 e. The molecule has 0 aliphatic heterocycles. The van der Waals surface area contributed by atoms with Crippen LogP contribution in [0.3, 0.4) is 0 Å². The molecule has 134 valence electrons. The average molecular weight is 385 g/mol. The monoisotopic (exact) mass is 384 g/mol. The molecule has 0 aliphatic carbocycles. The standard InChI is InChI=1S/C16H18Cl2N4O3/c1-8(2)14-19-13(15(23)21(4)9(3)16(24)25)20-22(14)12-10(17)6-5-7-11(12)18/h5-9H,1-4H3,(H,24,25). The highest BCUT2D eigenvalue weighted by molar-refractivity contribution is 6.37. The van der Waals surface area contributed by atoms with E-state index in [-0.39, 0.29) is 11.7 Å². The van der Waals surface area contributed by atoms with Crippen molar-refractivity contribution in [3.63, 3.8) is 0 Å². The van der Waals surface area contributed by atoms with Gasteiger partial charge in [-0.05, 0) is 19.1 Å². The van der Waals surface area contributed by atoms with Crippen LogP contribution >= 0.6 is 23.2 Å². The lowest BCUT2D eigenvalue weighted by atomic mass is 10.2. The first-order chi connectivity index (χ1) is 11.6. The summed E-state index contributed by atoms with van der Waals surface area (Å²) in [4.78, 5) is 29.0. The Balaban J connectivity index is 2.54. The number of para-hydroxylation sites is 1. The van der Waals surface area contributed by atoms with E-state index < -0.39 is 17.9 Å². The van der Waals surface area contributed by atoms with Gasteiger partial charge in [-0.25, -0.2) is 14.5 Å². The van der Waals surface area contributed by atoms with E-state index in [1.807, 2.05) is 13.8 Å². The van der Waals surface area contributed by atoms with Crippen molar-refractivity contribution < 1.29 is 14.7 Å². The molecule has 25 heavy (non-hydrogen) atoms. The van der Waals surface area contributed by atoms with E-state index in [0.29, 0.717) is 21.6 Å². The van der Waals surface area contributed by atoms with Crippen LogP contribution in [0.1, 0.15) is 43.1 Å². The van der Waals surface area contributed by atoms with Gasteiger partial charge >= 0.3 is 5.97 Å². The minimum atomic E-state index is -1.12. The molecule has 9 heteroatoms. The van der Waals surface area contributed by atoms with Gasteiger partial charge < -0.3 is 10.0 Å². The molecule has 0 radical (unpaired) electrons. The van der Waals surface area contributed by atoms with Gasteiger partial charge in [0.1, 0.15) is 17.6 Å². The van der Waals surface area contributed by atoms with Gasteiger partial charge in [0.2, 0.25) is 5.82 Å². The number of carboxylic acids is 1. The number of carboxylic acid groups (broad SMARTS) is 1. The predicted molar refractivity (Wildman–Crippen MR) is 94.7 cm³/mol. The van der Waals surface area contributed by atoms with Crippen molar-refractivity contribution in [2.45, 2.75) is 32.7 Å². The third-order valence-electron chi connectivity index (χ3n) is 3.75. The number of rotatable bonds is 5. The number of amides is 1. The summed E-state index contributed by atoms with van der Waals surface area (Å²) in [5.41, 5.74) is 0.426. The molecule has 0 bridgehead atoms. The molecule has 0 saturated heterocycles. The second-order valence-electron chi connectivity index (χ2n) is 5.86. The second-order valence-corrected chi connectivity index (χ2v) is 6.68. The van der Waals surface area contributed by atoms with Crippen LogP contribution in [0, 0.1) is 0 Å². The lowest BCUT2D eigenvalue weighted by molar-refractivity contribution is -0.141. The number of likely N-dealkylation sites (N-methyl/N-ethyl adjacent to an activating group) is 1. The molecule has 1 atom stereocenters. The van der Waals surface area contributed by atoms with E-state index in [0.717, 1.165) is 4.90 Å². The van der Waals surface area contributed by atoms with Gasteiger partial charge in [-0.1, -0.05) is 43.1 Å². The zero-order valence-electron chi connectivity index (χ0n) is 14.2. The summed E-state index contributed by atoms with van der Waals surface area (Å²) in [7, 11) is 1.39. The Bertz CT molecular complexity index is 799. The van der Waals surface area contributed by atoms with Crippen LogP contribution in [-0.2, 0) is 4.79 Å². The molecule has 0 aliphatic rings. The summed E-state index contributed by atoms with van der Waals surface area (Å²) in [5.74, 6) is -1.40. The molecule has 1 amide bonds. The van der Waals surface area contributed by atoms with Crippen LogP contribution < -0.4 is 0 Å². The lowest BCUT2D eigenvalue weighted by Crippen LogP contribution is -2.40. The molecular weight excluding hydrogens is 367 g/mol. The first kappa shape index (κ1) is 19.2. The summed E-state index contributed by atoms with van der Waals surface area (Å²) in [6.07, 6.45) is 0. The van der Waals surface area contributed by atoms with Crippen LogP contribution in [0.2, 0.25) is 10.0 Å². The summed E-state index contributed by atoms with van der Waals surface area (Å²) >= 11 is 12.5. The summed E-state index contributed by atoms with van der Waals surface area (Å²) in [6.45, 7) is 5.19. The van der Waals surface area contributed by atoms with Crippen molar-refractivity contribution in [1.29, 1.82) is 0 Å². The normalized spacial score (nSPS) is 12.3. The van der Waals surface area contributed by atoms with Gasteiger partial charge in [0.05, 0.1) is 10.0 Å². The quantitative estimate of drug-likeness (QED) is 0.854. The predicted octanol–water partition coefficient (Wildman–Crippen LogP) is 3.24. The lowest BCUT2D eigenvalue weighted by Gasteiger charge is -2.19. The molecule has 1 aromatic heterocycles. The molecule has 1 unspecified atom stereocenters. The van der Waals surface area contributed by atoms with Crippen molar-refractivity contribution in [1.82, 2.24) is 19.7 Å². The molecule has 1 heterocycles. The van der Waals surface area contributed by atoms with Gasteiger partial charge in [0, 0.05) is 13.0 Å². The largest absolute Gasteiger partial charge is 0.480 e. The number of benzene rings is 1. The fraction of sp³-hybridized carbons (Fsp3) is 0.375. The molecular formula is C16H18Cl2N4O3. The van der Waals surface area contributed by atoms with E-state index >= 15 is 0 Å². The Hall–Kier alpha value is -2.12. The van der Waals surface area contributed by atoms with Gasteiger partial charge in [0.15, 0.2) is 0 Å². The molecule has 7 nitrogen and oxygen atoms in total. The smallest absolute Gasteiger partial charge is 0.326 e. The number of hydrogen-bond acceptors (Lipinski definition) is 4. The fourth-order valence-corrected chi connectivity index (χ4v) is 2.70. The Morgan fingerprint density at radius 2 is 1.76 bits per heavy atom. The van der Waals surface area contributed by atoms with Gasteiger partial charge in [-0.3, -0.25) is 4.79 Å². The first-order valence-corrected chi connectivity index (χ1v) is 8.32. The Morgan fingerprint density at radius 1 is 1.20 bits per heavy atom. The van der Waals surface area contributed by atoms with E-state index in [2.05, 4.69) is 10.1 Å². The van der Waals surface area contributed by atoms with Crippen LogP contribution in [0.15, 0.2) is 18.2 Å². The maximum atomic E-state index is 12.5. The number of hydrogen-bond donors (Lipinski definition) is 1. The molecule has 0 spiro atoms. The topological polar surface area (TPSA) is 88.3 Å². The highest BCUT2D eigenvalue weighted by Crippen LogP contribution is 2.30. The molecule has 0 saturated carbocycles. The molecule has 1 N–H and O–H groups in total. The van der Waals surface area contributed by atoms with Crippen molar-refractivity contribution in [2.24, 2.45) is 0 Å². The second kappa shape index (κ2) is 7.41. The number of aliphatic carboxylic acids is 1. The number of halogens is 2. The van der Waals surface area contributed by atoms with Crippen molar-refractivity contribution in [2.75, 3.05) is 7.05 Å². The third kappa shape index (κ3) is 3.77. The summed E-state index contributed by atoms with van der Waals surface area (Å²) in [5, 5.41) is 14.0. The van der Waals surface area contributed by atoms with Crippen LogP contribution in [0.25, 0.3) is 5.69 Å². The van der Waals surface area contributed by atoms with Gasteiger partial charge in [-0.15, -0.1) is 5.10 Å². The van der Waals surface area contributed by atoms with Crippen molar-refractivity contribution in [3.05, 3.63) is 39.9 Å². The van der Waals surface area contributed by atoms with Crippen LogP contribution in [-0.4, -0.2) is 49.7 Å². The Kier molecular flexibility index (Phi) is 5.69. The maximum Gasteiger partial charge on any atom is 0.326 e. The van der Waals surface area contributed by atoms with Gasteiger partial charge in [-0.2, -0.15) is 0 Å². The number of aromatic nitrogens is 3. The van der Waals surface area contributed by atoms with Crippen molar-refractivity contribution in [3.8, 4) is 5.69 Å². The summed E-state index contributed by atoms with van der Waals surface area (Å²) < 4.78 is 1.43. The minimum absolute atomic E-state index is 0.0661. The third-order valence-corrected chi connectivity index (χ3v) is 4.36. The number of carbonyl (C=O) groups excluding carboxylic acids is 1. The maximum absolute atomic E-state index is 12.5. The Morgan fingerprint density at radius 3 is 2.24 bits per heavy atom. The number of nitrogens with zero attached hydrogens (tertiary/aromatic N) is 4. The SMILES string of the molecule is CC(C)c1nc(C(=O)N(C)C(C)C(=O)O)nn1-c1c(Cl)cccc1Cl. The number of carbonyl (C=O) groups is 2. The molecule has 0 fully saturated rings. The van der Waals surface area contributed by atoms with E-state index in [9.17, 15) is 9.59 Å². The molecule has 1 aromatic carbocycles. The fourth-order valence-electron chi connectivity index (χ4n) is 2.14. The van der Waals surface area contributed by atoms with E-state index in [1.54, 1.807) is 18.2 Å². The van der Waals surface area contributed by atoms with E-state index in [1.165, 1.54) is 18.7 Å². The highest BCUT2D eigenvalue weighted by Gasteiger charge is 2.28. The zero-order valence-corrected chi connectivity index (χ0v) is 15.7. The van der Waals surface area contributed by atoms with Gasteiger partial charge in [0.25, 0.3) is 5.91 Å². The highest BCUT2D eigenvalue weighted by atomic mass is 35.5. The zero-order chi connectivity index (χ0) is 18.9. The average Bonchev–Trinajstić information content (AvgIpc) is 2.97. The van der Waals surface area contributed by atoms with E-state index in [4.69, 9.17) is 28.3 Å².